The Bertz CT molecular complexity index is 6630. The van der Waals surface area contributed by atoms with E-state index in [4.69, 9.17) is 28.7 Å². The zero-order chi connectivity index (χ0) is 110. The van der Waals surface area contributed by atoms with E-state index < -0.39 is 178 Å². The minimum Gasteiger partial charge on any atom is -0.329 e. The van der Waals surface area contributed by atoms with Gasteiger partial charge in [-0.25, -0.2) is 74.6 Å². The molecule has 0 saturated heterocycles. The average molecular weight is 2120 g/mol. The van der Waals surface area contributed by atoms with Crippen molar-refractivity contribution in [2.45, 2.75) is 147 Å². The Labute approximate surface area is 847 Å². The normalized spacial score (nSPS) is 15.1. The number of hydrogen-bond acceptors (Lipinski definition) is 15. The maximum absolute atomic E-state index is 13.9. The highest BCUT2D eigenvalue weighted by Gasteiger charge is 2.40. The molecule has 10 aromatic rings. The zero-order valence-electron chi connectivity index (χ0n) is 80.8. The van der Waals surface area contributed by atoms with E-state index >= 15 is 0 Å². The van der Waals surface area contributed by atoms with E-state index in [0.29, 0.717) is 107 Å². The molecule has 0 saturated carbocycles. The summed E-state index contributed by atoms with van der Waals surface area (Å²) in [7, 11) is 1.49. The number of halogens is 20. The lowest BCUT2D eigenvalue weighted by molar-refractivity contribution is -0.138. The van der Waals surface area contributed by atoms with Crippen molar-refractivity contribution in [3.8, 4) is 0 Å². The summed E-state index contributed by atoms with van der Waals surface area (Å²) in [4.78, 5) is 139. The van der Waals surface area contributed by atoms with Crippen molar-refractivity contribution < 1.29 is 136 Å². The number of fused-ring (bicyclic) bond motifs is 5. The molecule has 0 radical (unpaired) electrons. The highest BCUT2D eigenvalue weighted by atomic mass is 19.4. The molecule has 0 spiro atoms. The molecule has 150 heavy (non-hydrogen) atoms. The summed E-state index contributed by atoms with van der Waals surface area (Å²) in [6.07, 6.45) is -5.12. The van der Waals surface area contributed by atoms with E-state index in [0.717, 1.165) is 33.8 Å². The molecule has 15 rings (SSSR count). The van der Waals surface area contributed by atoms with Crippen LogP contribution in [0.5, 0.6) is 0 Å². The molecule has 10 N–H and O–H groups in total. The van der Waals surface area contributed by atoms with Crippen LogP contribution >= 0.6 is 0 Å². The summed E-state index contributed by atoms with van der Waals surface area (Å²) in [5.74, 6) is -22.7. The maximum atomic E-state index is 13.9. The summed E-state index contributed by atoms with van der Waals surface area (Å²) in [6.45, 7) is 6.14. The molecule has 5 heterocycles. The number of alkyl halides is 3. The standard InChI is InChI=1S/C22H22F3N3O2.C21H19F6N3O2.C21H21F4N3O2.C21H22F3N3O2.C20H19F4N3O2/c1-2-7-28-20-6-4-3-5-14(20)12-27(13-22(28)30)21(29)10-16(26)8-15-9-18(24)19(25)11-17(15)23;22-15-8-17(24)16(23)6-13(15)5-14(28)7-19(31)29-9-12-3-1-2-4-18(12)30(20(32)10-29)11-21(25,26)27;1-2-28-19-7-14(22)4-3-12(19)10-27(11-21(28)30)20(29)8-15(26)5-13-6-17(24)18(25)9-16(13)23;1-2-27-19-6-4-3-5-13(19)11-26(12-21(27)29)20(28)9-15(25)7-14-8-17(23)18(24)10-16(14)22;1-26-18-6-13(21)3-2-11(18)9-27(10-20(26)29)19(28)7-14(25)4-12-5-16(23)17(24)8-15(12)22/h2-6,9,11,16H,1,7-8,10,12-13,26H2;1-4,6,8,14H,5,7,9-11,28H2;3-4,6-7,9,15H,2,5,8,10-11,26H2,1H3;3-6,8,10,15H,2,7,9,11-12,25H2,1H3;2-3,5-6,8,14H,4,7,9-10,25H2,1H3/t16-;14-;2*15-;14-/m11111/s1. The van der Waals surface area contributed by atoms with Gasteiger partial charge in [0, 0.05) is 169 Å². The van der Waals surface area contributed by atoms with Crippen molar-refractivity contribution in [1.29, 1.82) is 0 Å². The van der Waals surface area contributed by atoms with Crippen LogP contribution in [0, 0.1) is 98.9 Å². The van der Waals surface area contributed by atoms with Crippen LogP contribution in [0.3, 0.4) is 0 Å². The number of nitrogens with zero attached hydrogens (tertiary/aromatic N) is 10. The van der Waals surface area contributed by atoms with E-state index in [2.05, 4.69) is 6.58 Å². The van der Waals surface area contributed by atoms with Crippen LogP contribution in [0.2, 0.25) is 0 Å². The fraction of sp³-hybridized carbons (Fsp3) is 0.314. The van der Waals surface area contributed by atoms with E-state index in [1.54, 1.807) is 28.9 Å². The van der Waals surface area contributed by atoms with Gasteiger partial charge in [0.25, 0.3) is 0 Å². The smallest absolute Gasteiger partial charge is 0.329 e. The summed E-state index contributed by atoms with van der Waals surface area (Å²) in [5.41, 5.74) is 34.5. The van der Waals surface area contributed by atoms with Gasteiger partial charge < -0.3 is 77.7 Å². The second-order valence-electron chi connectivity index (χ2n) is 35.9. The molecule has 45 heteroatoms. The van der Waals surface area contributed by atoms with Gasteiger partial charge in [-0.1, -0.05) is 72.8 Å². The number of hydrogen-bond donors (Lipinski definition) is 5. The van der Waals surface area contributed by atoms with Gasteiger partial charge in [-0.3, -0.25) is 47.9 Å². The quantitative estimate of drug-likeness (QED) is 0.0202. The second kappa shape index (κ2) is 51.3. The summed E-state index contributed by atoms with van der Waals surface area (Å²) >= 11 is 0. The predicted molar refractivity (Wildman–Crippen MR) is 513 cm³/mol. The zero-order valence-corrected chi connectivity index (χ0v) is 80.8. The lowest BCUT2D eigenvalue weighted by Gasteiger charge is -2.24. The monoisotopic (exact) mass is 2110 g/mol. The van der Waals surface area contributed by atoms with E-state index in [1.807, 2.05) is 55.5 Å². The molecule has 10 aromatic carbocycles. The Kier molecular flexibility index (Phi) is 39.4. The van der Waals surface area contributed by atoms with Crippen LogP contribution in [0.1, 0.15) is 102 Å². The van der Waals surface area contributed by atoms with Crippen LogP contribution in [0.15, 0.2) is 183 Å². The van der Waals surface area contributed by atoms with Gasteiger partial charge in [0.2, 0.25) is 59.1 Å². The first kappa shape index (κ1) is 115. The minimum absolute atomic E-state index is 0.0540. The van der Waals surface area contributed by atoms with Gasteiger partial charge in [0.1, 0.15) is 80.0 Å². The fourth-order valence-corrected chi connectivity index (χ4v) is 17.3. The first-order chi connectivity index (χ1) is 70.9. The lowest BCUT2D eigenvalue weighted by Crippen LogP contribution is -2.44. The van der Waals surface area contributed by atoms with E-state index in [1.165, 1.54) is 91.0 Å². The molecule has 798 valence electrons. The summed E-state index contributed by atoms with van der Waals surface area (Å²) in [5, 5.41) is 0. The van der Waals surface area contributed by atoms with E-state index in [-0.39, 0.29) is 186 Å². The molecular formula is C105H103F20N15O10. The Morgan fingerprint density at radius 3 is 0.800 bits per heavy atom. The van der Waals surface area contributed by atoms with Crippen molar-refractivity contribution >= 4 is 87.5 Å². The number of carbonyl (C=O) groups is 10. The van der Waals surface area contributed by atoms with Crippen molar-refractivity contribution in [2.75, 3.05) is 90.5 Å². The van der Waals surface area contributed by atoms with Crippen molar-refractivity contribution in [1.82, 2.24) is 24.5 Å². The van der Waals surface area contributed by atoms with Crippen LogP contribution < -0.4 is 53.2 Å². The van der Waals surface area contributed by atoms with Gasteiger partial charge in [0.15, 0.2) is 58.2 Å². The average Bonchev–Trinajstić information content (AvgIpc) is 1.64. The molecule has 0 aliphatic carbocycles. The summed E-state index contributed by atoms with van der Waals surface area (Å²) in [6, 6.07) is 29.9. The van der Waals surface area contributed by atoms with Gasteiger partial charge in [-0.05, 0) is 174 Å². The fourth-order valence-electron chi connectivity index (χ4n) is 17.3. The molecule has 5 aliphatic rings. The van der Waals surface area contributed by atoms with Gasteiger partial charge in [-0.15, -0.1) is 6.58 Å². The highest BCUT2D eigenvalue weighted by Crippen LogP contribution is 2.36. The van der Waals surface area contributed by atoms with E-state index in [9.17, 15) is 136 Å². The number of nitrogens with two attached hydrogens (primary N) is 5. The predicted octanol–water partition coefficient (Wildman–Crippen LogP) is 14.4. The lowest BCUT2D eigenvalue weighted by atomic mass is 10.0. The molecule has 25 nitrogen and oxygen atoms in total. The Balaban J connectivity index is 0.000000178. The van der Waals surface area contributed by atoms with Crippen molar-refractivity contribution in [2.24, 2.45) is 28.7 Å². The Morgan fingerprint density at radius 1 is 0.293 bits per heavy atom. The highest BCUT2D eigenvalue weighted by molar-refractivity contribution is 6.02. The molecule has 0 fully saturated rings. The van der Waals surface area contributed by atoms with Gasteiger partial charge in [0.05, 0.1) is 11.4 Å². The summed E-state index contributed by atoms with van der Waals surface area (Å²) < 4.78 is 267. The number of likely N-dealkylation sites (N-methyl/N-ethyl adjacent to an activating group) is 3. The third-order valence-corrected chi connectivity index (χ3v) is 24.7. The van der Waals surface area contributed by atoms with Crippen molar-refractivity contribution in [3.63, 3.8) is 0 Å². The van der Waals surface area contributed by atoms with Gasteiger partial charge in [-0.2, -0.15) is 13.2 Å². The SMILES string of the molecule is C=CCN1C(=O)CN(C(=O)C[C@H](N)Cc2cc(F)c(F)cc2F)Cc2ccccc21.CCN1C(=O)CN(C(=O)C[C@H](N)Cc2cc(F)c(F)cc2F)Cc2ccc(F)cc21.CCN1C(=O)CN(C(=O)C[C@H](N)Cc2cc(F)c(F)cc2F)Cc2ccccc21.CN1C(=O)CN(C(=O)C[C@H](N)Cc2cc(F)c(F)cc2F)Cc2ccc(F)cc21.N[C@@H](CC(=O)N1CC(=O)N(CC(F)(F)F)c2ccccc2C1)Cc1cc(F)c(F)cc1F. The molecule has 0 aromatic heterocycles. The first-order valence-corrected chi connectivity index (χ1v) is 46.7. The number of para-hydroxylation sites is 3. The number of anilines is 5. The first-order valence-electron chi connectivity index (χ1n) is 46.7. The Hall–Kier alpha value is -15.0. The molecule has 5 atom stereocenters. The topological polar surface area (TPSA) is 333 Å². The van der Waals surface area contributed by atoms with Crippen LogP contribution in [0.4, 0.5) is 116 Å². The number of benzene rings is 10. The molecule has 0 bridgehead atoms. The molecule has 0 unspecified atom stereocenters. The third-order valence-electron chi connectivity index (χ3n) is 24.7. The molecular weight excluding hydrogens is 2010 g/mol. The number of carbonyl (C=O) groups excluding carboxylic acids is 10. The molecule has 5 aliphatic heterocycles. The third kappa shape index (κ3) is 30.4. The minimum atomic E-state index is -4.64. The Morgan fingerprint density at radius 2 is 0.520 bits per heavy atom. The van der Waals surface area contributed by atoms with Crippen LogP contribution in [0.25, 0.3) is 0 Å². The van der Waals surface area contributed by atoms with Crippen molar-refractivity contribution in [3.05, 3.63) is 337 Å². The van der Waals surface area contributed by atoms with Gasteiger partial charge >= 0.3 is 6.18 Å². The second-order valence-corrected chi connectivity index (χ2v) is 35.9. The number of rotatable bonds is 25. The molecule has 10 amide bonds. The van der Waals surface area contributed by atoms with Crippen LogP contribution in [-0.4, -0.2) is 186 Å². The largest absolute Gasteiger partial charge is 0.406 e. The maximum Gasteiger partial charge on any atom is 0.406 e. The number of amides is 10. The van der Waals surface area contributed by atoms with Crippen LogP contribution in [-0.2, 0) is 113 Å².